The van der Waals surface area contributed by atoms with Crippen LogP contribution in [0.25, 0.3) is 5.65 Å². The Kier molecular flexibility index (Phi) is 4.09. The second-order valence-electron chi connectivity index (χ2n) is 6.33. The number of hydrogen-bond acceptors (Lipinski definition) is 3. The number of halogens is 1. The van der Waals surface area contributed by atoms with Crippen molar-refractivity contribution >= 4 is 28.8 Å². The molecule has 1 amide bonds. The molecule has 4 rings (SSSR count). The summed E-state index contributed by atoms with van der Waals surface area (Å²) in [7, 11) is 0. The molecule has 1 aromatic carbocycles. The Morgan fingerprint density at radius 3 is 2.64 bits per heavy atom. The van der Waals surface area contributed by atoms with Crippen molar-refractivity contribution < 1.29 is 4.79 Å². The van der Waals surface area contributed by atoms with Crippen molar-refractivity contribution in [1.82, 2.24) is 14.3 Å². The zero-order valence-corrected chi connectivity index (χ0v) is 14.8. The quantitative estimate of drug-likeness (QED) is 0.709. The van der Waals surface area contributed by atoms with Gasteiger partial charge in [-0.15, -0.1) is 0 Å². The van der Waals surface area contributed by atoms with Gasteiger partial charge in [-0.05, 0) is 36.8 Å². The first kappa shape index (κ1) is 16.0. The number of hydrogen-bond donors (Lipinski definition) is 0. The van der Waals surface area contributed by atoms with Gasteiger partial charge in [0, 0.05) is 38.6 Å². The molecule has 1 fully saturated rings. The molecular weight excluding hydrogens is 336 g/mol. The Morgan fingerprint density at radius 1 is 1.12 bits per heavy atom. The number of amides is 1. The van der Waals surface area contributed by atoms with E-state index in [-0.39, 0.29) is 5.91 Å². The fourth-order valence-corrected chi connectivity index (χ4v) is 3.46. The molecule has 1 aliphatic rings. The lowest BCUT2D eigenvalue weighted by atomic mass is 10.2. The van der Waals surface area contributed by atoms with E-state index in [1.807, 2.05) is 58.8 Å². The molecule has 5 nitrogen and oxygen atoms in total. The van der Waals surface area contributed by atoms with Gasteiger partial charge in [0.05, 0.1) is 10.7 Å². The summed E-state index contributed by atoms with van der Waals surface area (Å²) in [6.07, 6.45) is 3.74. The summed E-state index contributed by atoms with van der Waals surface area (Å²) in [4.78, 5) is 21.3. The van der Waals surface area contributed by atoms with Crippen LogP contribution in [0.15, 0.2) is 48.8 Å². The van der Waals surface area contributed by atoms with Crippen LogP contribution in [0.5, 0.6) is 0 Å². The van der Waals surface area contributed by atoms with Crippen LogP contribution in [-0.4, -0.2) is 46.4 Å². The van der Waals surface area contributed by atoms with E-state index in [9.17, 15) is 4.79 Å². The molecule has 0 radical (unpaired) electrons. The van der Waals surface area contributed by atoms with E-state index in [0.29, 0.717) is 18.8 Å². The number of para-hydroxylation sites is 1. The number of rotatable bonds is 2. The molecule has 1 saturated heterocycles. The summed E-state index contributed by atoms with van der Waals surface area (Å²) in [6.45, 7) is 4.88. The Morgan fingerprint density at radius 2 is 1.88 bits per heavy atom. The highest BCUT2D eigenvalue weighted by Crippen LogP contribution is 2.26. The first-order chi connectivity index (χ1) is 12.1. The molecule has 2 aromatic heterocycles. The zero-order valence-electron chi connectivity index (χ0n) is 14.0. The van der Waals surface area contributed by atoms with Crippen molar-refractivity contribution in [3.05, 3.63) is 65.1 Å². The number of pyridine rings is 1. The van der Waals surface area contributed by atoms with Gasteiger partial charge >= 0.3 is 0 Å². The molecule has 128 valence electrons. The molecule has 0 unspecified atom stereocenters. The maximum atomic E-state index is 12.8. The molecule has 3 aromatic rings. The van der Waals surface area contributed by atoms with Crippen molar-refractivity contribution in [2.24, 2.45) is 0 Å². The van der Waals surface area contributed by atoms with Gasteiger partial charge in [-0.3, -0.25) is 4.79 Å². The number of fused-ring (bicyclic) bond motifs is 1. The summed E-state index contributed by atoms with van der Waals surface area (Å²) in [6, 6.07) is 11.8. The molecule has 0 saturated carbocycles. The predicted molar refractivity (Wildman–Crippen MR) is 99.5 cm³/mol. The van der Waals surface area contributed by atoms with Crippen LogP contribution in [-0.2, 0) is 0 Å². The number of aryl methyl sites for hydroxylation is 1. The average molecular weight is 355 g/mol. The van der Waals surface area contributed by atoms with Crippen LogP contribution in [0, 0.1) is 6.92 Å². The van der Waals surface area contributed by atoms with Gasteiger partial charge in [0.2, 0.25) is 0 Å². The predicted octanol–water partition coefficient (Wildman–Crippen LogP) is 3.26. The van der Waals surface area contributed by atoms with Crippen LogP contribution in [0.1, 0.15) is 16.1 Å². The van der Waals surface area contributed by atoms with E-state index in [1.54, 1.807) is 6.20 Å². The topological polar surface area (TPSA) is 40.9 Å². The summed E-state index contributed by atoms with van der Waals surface area (Å²) in [5.74, 6) is -0.0137. The molecule has 6 heteroatoms. The summed E-state index contributed by atoms with van der Waals surface area (Å²) < 4.78 is 1.89. The second kappa shape index (κ2) is 6.41. The van der Waals surface area contributed by atoms with Crippen LogP contribution < -0.4 is 4.90 Å². The van der Waals surface area contributed by atoms with Crippen LogP contribution >= 0.6 is 11.6 Å². The molecule has 0 spiro atoms. The normalized spacial score (nSPS) is 15.0. The highest BCUT2D eigenvalue weighted by molar-refractivity contribution is 6.33. The number of carbonyl (C=O) groups excluding carboxylic acids is 1. The fraction of sp³-hybridized carbons (Fsp3) is 0.263. The summed E-state index contributed by atoms with van der Waals surface area (Å²) >= 11 is 6.28. The first-order valence-electron chi connectivity index (χ1n) is 8.36. The number of nitrogens with zero attached hydrogens (tertiary/aromatic N) is 4. The smallest absolute Gasteiger partial charge is 0.274 e. The SMILES string of the molecule is Cc1ccn2cc(C(=O)N3CCN(c4ccccc4Cl)CC3)nc2c1. The third kappa shape index (κ3) is 3.07. The highest BCUT2D eigenvalue weighted by atomic mass is 35.5. The molecule has 1 aliphatic heterocycles. The monoisotopic (exact) mass is 354 g/mol. The van der Waals surface area contributed by atoms with Gasteiger partial charge in [-0.2, -0.15) is 0 Å². The minimum absolute atomic E-state index is 0.0137. The number of carbonyl (C=O) groups is 1. The maximum absolute atomic E-state index is 12.8. The molecule has 0 atom stereocenters. The standard InChI is InChI=1S/C19H19ClN4O/c1-14-6-7-24-13-16(21-18(24)12-14)19(25)23-10-8-22(9-11-23)17-5-3-2-4-15(17)20/h2-7,12-13H,8-11H2,1H3. The largest absolute Gasteiger partial charge is 0.367 e. The van der Waals surface area contributed by atoms with Crippen molar-refractivity contribution in [3.63, 3.8) is 0 Å². The van der Waals surface area contributed by atoms with E-state index in [2.05, 4.69) is 9.88 Å². The zero-order chi connectivity index (χ0) is 17.4. The van der Waals surface area contributed by atoms with E-state index < -0.39 is 0 Å². The lowest BCUT2D eigenvalue weighted by Crippen LogP contribution is -2.49. The Balaban J connectivity index is 1.48. The third-order valence-electron chi connectivity index (χ3n) is 4.59. The number of imidazole rings is 1. The number of piperazine rings is 1. The molecule has 25 heavy (non-hydrogen) atoms. The van der Waals surface area contributed by atoms with Gasteiger partial charge in [0.1, 0.15) is 11.3 Å². The van der Waals surface area contributed by atoms with Crippen LogP contribution in [0.3, 0.4) is 0 Å². The minimum atomic E-state index is -0.0137. The molecule has 0 aliphatic carbocycles. The van der Waals surface area contributed by atoms with Gasteiger partial charge < -0.3 is 14.2 Å². The second-order valence-corrected chi connectivity index (χ2v) is 6.73. The molecule has 3 heterocycles. The van der Waals surface area contributed by atoms with Crippen molar-refractivity contribution in [2.45, 2.75) is 6.92 Å². The molecular formula is C19H19ClN4O. The Bertz CT molecular complexity index is 928. The Labute approximate surface area is 151 Å². The highest BCUT2D eigenvalue weighted by Gasteiger charge is 2.24. The summed E-state index contributed by atoms with van der Waals surface area (Å²) in [5, 5.41) is 0.748. The van der Waals surface area contributed by atoms with E-state index in [0.717, 1.165) is 35.0 Å². The van der Waals surface area contributed by atoms with Crippen LogP contribution in [0.2, 0.25) is 5.02 Å². The average Bonchev–Trinajstić information content (AvgIpc) is 3.05. The third-order valence-corrected chi connectivity index (χ3v) is 4.91. The van der Waals surface area contributed by atoms with Crippen molar-refractivity contribution in [3.8, 4) is 0 Å². The maximum Gasteiger partial charge on any atom is 0.274 e. The lowest BCUT2D eigenvalue weighted by Gasteiger charge is -2.36. The molecule has 0 bridgehead atoms. The van der Waals surface area contributed by atoms with Crippen LogP contribution in [0.4, 0.5) is 5.69 Å². The van der Waals surface area contributed by atoms with Crippen molar-refractivity contribution in [1.29, 1.82) is 0 Å². The van der Waals surface area contributed by atoms with Crippen molar-refractivity contribution in [2.75, 3.05) is 31.1 Å². The minimum Gasteiger partial charge on any atom is -0.367 e. The van der Waals surface area contributed by atoms with Gasteiger partial charge in [-0.1, -0.05) is 23.7 Å². The first-order valence-corrected chi connectivity index (χ1v) is 8.74. The number of benzene rings is 1. The van der Waals surface area contributed by atoms with E-state index in [1.165, 1.54) is 0 Å². The molecule has 0 N–H and O–H groups in total. The summed E-state index contributed by atoms with van der Waals surface area (Å²) in [5.41, 5.74) is 3.46. The van der Waals surface area contributed by atoms with E-state index >= 15 is 0 Å². The number of anilines is 1. The van der Waals surface area contributed by atoms with E-state index in [4.69, 9.17) is 11.6 Å². The van der Waals surface area contributed by atoms with Gasteiger partial charge in [-0.25, -0.2) is 4.98 Å². The lowest BCUT2D eigenvalue weighted by molar-refractivity contribution is 0.0741. The number of aromatic nitrogens is 2. The van der Waals surface area contributed by atoms with Gasteiger partial charge in [0.15, 0.2) is 0 Å². The van der Waals surface area contributed by atoms with Gasteiger partial charge in [0.25, 0.3) is 5.91 Å². The fourth-order valence-electron chi connectivity index (χ4n) is 3.21. The Hall–Kier alpha value is -2.53.